The zero-order valence-corrected chi connectivity index (χ0v) is 10.3. The highest BCUT2D eigenvalue weighted by Gasteiger charge is 2.45. The Morgan fingerprint density at radius 2 is 1.93 bits per heavy atom. The van der Waals surface area contributed by atoms with Crippen molar-refractivity contribution in [1.29, 1.82) is 0 Å². The van der Waals surface area contributed by atoms with Crippen molar-refractivity contribution in [3.63, 3.8) is 0 Å². The van der Waals surface area contributed by atoms with E-state index in [1.807, 2.05) is 0 Å². The molecule has 0 aliphatic rings. The summed E-state index contributed by atoms with van der Waals surface area (Å²) >= 11 is 0. The minimum Gasteiger partial charge on any atom is -0.324 e. The molecule has 5 heteroatoms. The van der Waals surface area contributed by atoms with Crippen molar-refractivity contribution in [2.45, 2.75) is 39.3 Å². The summed E-state index contributed by atoms with van der Waals surface area (Å²) in [5, 5.41) is -1.62. The average molecular weight is 232 g/mol. The van der Waals surface area contributed by atoms with E-state index in [0.29, 0.717) is 6.42 Å². The molecular formula is C10H17O4P. The molecule has 0 fully saturated rings. The van der Waals surface area contributed by atoms with Crippen LogP contribution in [0.2, 0.25) is 0 Å². The minimum absolute atomic E-state index is 0.332. The van der Waals surface area contributed by atoms with Gasteiger partial charge in [0, 0.05) is 12.3 Å². The van der Waals surface area contributed by atoms with Crippen molar-refractivity contribution in [1.82, 2.24) is 0 Å². The Kier molecular flexibility index (Phi) is 4.73. The highest BCUT2D eigenvalue weighted by molar-refractivity contribution is 7.54. The Bertz CT molecular complexity index is 342. The van der Waals surface area contributed by atoms with Crippen LogP contribution in [-0.4, -0.2) is 20.7 Å². The predicted molar refractivity (Wildman–Crippen MR) is 58.4 cm³/mol. The van der Waals surface area contributed by atoms with Gasteiger partial charge < -0.3 is 9.79 Å². The summed E-state index contributed by atoms with van der Waals surface area (Å²) in [6, 6.07) is 0. The molecule has 0 aromatic heterocycles. The maximum Gasteiger partial charge on any atom is 0.338 e. The van der Waals surface area contributed by atoms with Gasteiger partial charge in [0.05, 0.1) is 0 Å². The molecule has 1 atom stereocenters. The number of Topliss-reactive ketones (excluding diaryl/α,β-unsaturated/α-hetero) is 1. The summed E-state index contributed by atoms with van der Waals surface area (Å²) < 4.78 is 11.1. The number of hydrogen-bond donors (Lipinski definition) is 2. The van der Waals surface area contributed by atoms with E-state index in [1.54, 1.807) is 13.8 Å². The Labute approximate surface area is 90.2 Å². The smallest absolute Gasteiger partial charge is 0.324 e. The van der Waals surface area contributed by atoms with Gasteiger partial charge in [-0.3, -0.25) is 9.36 Å². The molecule has 2 N–H and O–H groups in total. The van der Waals surface area contributed by atoms with Gasteiger partial charge in [-0.25, -0.2) is 0 Å². The zero-order valence-electron chi connectivity index (χ0n) is 9.44. The van der Waals surface area contributed by atoms with Crippen LogP contribution in [0, 0.1) is 17.8 Å². The lowest BCUT2D eigenvalue weighted by molar-refractivity contribution is -0.124. The molecule has 0 aromatic rings. The second-order valence-electron chi connectivity index (χ2n) is 4.00. The molecule has 0 rings (SSSR count). The van der Waals surface area contributed by atoms with Gasteiger partial charge in [0.1, 0.15) is 5.16 Å². The van der Waals surface area contributed by atoms with Crippen molar-refractivity contribution >= 4 is 13.4 Å². The van der Waals surface area contributed by atoms with Crippen LogP contribution >= 0.6 is 7.60 Å². The number of carbonyl (C=O) groups excluding carboxylic acids is 1. The molecule has 1 unspecified atom stereocenters. The molecule has 4 nitrogen and oxygen atoms in total. The highest BCUT2D eigenvalue weighted by atomic mass is 31.2. The lowest BCUT2D eigenvalue weighted by Crippen LogP contribution is -2.35. The minimum atomic E-state index is -4.41. The molecule has 0 aromatic carbocycles. The number of ketones is 1. The maximum atomic E-state index is 11.8. The van der Waals surface area contributed by atoms with Crippen LogP contribution in [0.1, 0.15) is 34.1 Å². The fraction of sp³-hybridized carbons (Fsp3) is 0.700. The zero-order chi connectivity index (χ0) is 12.3. The van der Waals surface area contributed by atoms with Crippen molar-refractivity contribution in [2.24, 2.45) is 5.92 Å². The van der Waals surface area contributed by atoms with Crippen molar-refractivity contribution in [2.75, 3.05) is 0 Å². The van der Waals surface area contributed by atoms with Gasteiger partial charge in [-0.05, 0) is 20.8 Å². The summed E-state index contributed by atoms with van der Waals surface area (Å²) in [6.07, 6.45) is 0.332. The van der Waals surface area contributed by atoms with Gasteiger partial charge in [-0.15, -0.1) is 11.8 Å². The van der Waals surface area contributed by atoms with E-state index >= 15 is 0 Å². The summed E-state index contributed by atoms with van der Waals surface area (Å²) in [5.41, 5.74) is 0. The molecule has 15 heavy (non-hydrogen) atoms. The monoisotopic (exact) mass is 232 g/mol. The van der Waals surface area contributed by atoms with E-state index in [1.165, 1.54) is 13.8 Å². The van der Waals surface area contributed by atoms with E-state index < -0.39 is 24.5 Å². The third-order valence-electron chi connectivity index (χ3n) is 2.36. The molecule has 0 saturated carbocycles. The fourth-order valence-electron chi connectivity index (χ4n) is 1.09. The van der Waals surface area contributed by atoms with Crippen LogP contribution < -0.4 is 0 Å². The van der Waals surface area contributed by atoms with E-state index in [4.69, 9.17) is 9.79 Å². The quantitative estimate of drug-likeness (QED) is 0.569. The van der Waals surface area contributed by atoms with E-state index in [2.05, 4.69) is 11.8 Å². The number of carbonyl (C=O) groups is 1. The molecule has 0 amide bonds. The standard InChI is InChI=1S/C10H17O4P/c1-5-6-7-8(2)9(11)10(3,4)15(12,13)14/h8H,7H2,1-4H3,(H2,12,13,14). The molecule has 0 heterocycles. The van der Waals surface area contributed by atoms with E-state index in [0.717, 1.165) is 0 Å². The normalized spacial score (nSPS) is 14.0. The van der Waals surface area contributed by atoms with Gasteiger partial charge in [0.2, 0.25) is 0 Å². The molecule has 0 aliphatic heterocycles. The lowest BCUT2D eigenvalue weighted by atomic mass is 9.94. The first kappa shape index (κ1) is 14.4. The van der Waals surface area contributed by atoms with E-state index in [9.17, 15) is 9.36 Å². The van der Waals surface area contributed by atoms with Gasteiger partial charge in [-0.2, -0.15) is 0 Å². The first-order valence-corrected chi connectivity index (χ1v) is 6.25. The first-order chi connectivity index (χ1) is 6.64. The second kappa shape index (κ2) is 4.94. The first-order valence-electron chi connectivity index (χ1n) is 4.64. The van der Waals surface area contributed by atoms with Crippen LogP contribution in [0.5, 0.6) is 0 Å². The van der Waals surface area contributed by atoms with Crippen LogP contribution in [0.3, 0.4) is 0 Å². The lowest BCUT2D eigenvalue weighted by Gasteiger charge is -2.26. The van der Waals surface area contributed by atoms with Crippen LogP contribution in [0.15, 0.2) is 0 Å². The summed E-state index contributed by atoms with van der Waals surface area (Å²) in [5.74, 6) is 4.47. The molecule has 0 bridgehead atoms. The average Bonchev–Trinajstić information content (AvgIpc) is 2.10. The molecule has 0 saturated heterocycles. The number of hydrogen-bond acceptors (Lipinski definition) is 2. The van der Waals surface area contributed by atoms with E-state index in [-0.39, 0.29) is 0 Å². The number of rotatable bonds is 4. The third-order valence-corrected chi connectivity index (χ3v) is 4.04. The van der Waals surface area contributed by atoms with Gasteiger partial charge in [0.15, 0.2) is 5.78 Å². The molecule has 86 valence electrons. The molecule has 0 radical (unpaired) electrons. The fourth-order valence-corrected chi connectivity index (χ4v) is 1.60. The van der Waals surface area contributed by atoms with Crippen LogP contribution in [0.4, 0.5) is 0 Å². The van der Waals surface area contributed by atoms with Crippen LogP contribution in [0.25, 0.3) is 0 Å². The second-order valence-corrected chi connectivity index (χ2v) is 6.21. The van der Waals surface area contributed by atoms with Gasteiger partial charge >= 0.3 is 7.60 Å². The third kappa shape index (κ3) is 3.46. The van der Waals surface area contributed by atoms with Gasteiger partial charge in [-0.1, -0.05) is 6.92 Å². The largest absolute Gasteiger partial charge is 0.338 e. The Balaban J connectivity index is 4.83. The van der Waals surface area contributed by atoms with Crippen LogP contribution in [-0.2, 0) is 9.36 Å². The SMILES string of the molecule is CC#CCC(C)C(=O)C(C)(C)P(=O)(O)O. The Hall–Kier alpha value is -0.620. The van der Waals surface area contributed by atoms with Crippen molar-refractivity contribution < 1.29 is 19.1 Å². The van der Waals surface area contributed by atoms with Crippen molar-refractivity contribution in [3.05, 3.63) is 0 Å². The molecular weight excluding hydrogens is 215 g/mol. The Morgan fingerprint density at radius 3 is 2.27 bits per heavy atom. The summed E-state index contributed by atoms with van der Waals surface area (Å²) in [6.45, 7) is 5.83. The Morgan fingerprint density at radius 1 is 1.47 bits per heavy atom. The topological polar surface area (TPSA) is 74.6 Å². The molecule has 0 spiro atoms. The predicted octanol–water partition coefficient (Wildman–Crippen LogP) is 1.56. The maximum absolute atomic E-state index is 11.8. The highest BCUT2D eigenvalue weighted by Crippen LogP contribution is 2.51. The van der Waals surface area contributed by atoms with Gasteiger partial charge in [0.25, 0.3) is 0 Å². The molecule has 0 aliphatic carbocycles. The van der Waals surface area contributed by atoms with Crippen molar-refractivity contribution in [3.8, 4) is 11.8 Å². The summed E-state index contributed by atoms with van der Waals surface area (Å²) in [7, 11) is -4.41. The summed E-state index contributed by atoms with van der Waals surface area (Å²) in [4.78, 5) is 29.8.